The Balaban J connectivity index is 1.57. The molecule has 2 amide bonds. The topological polar surface area (TPSA) is 88.8 Å². The van der Waals surface area contributed by atoms with Gasteiger partial charge in [-0.2, -0.15) is 4.98 Å². The Bertz CT molecular complexity index is 825. The van der Waals surface area contributed by atoms with Crippen molar-refractivity contribution >= 4 is 11.8 Å². The summed E-state index contributed by atoms with van der Waals surface area (Å²) in [7, 11) is 1.79. The van der Waals surface area contributed by atoms with Crippen molar-refractivity contribution in [2.75, 3.05) is 39.9 Å². The molecule has 2 aromatic rings. The zero-order valence-corrected chi connectivity index (χ0v) is 17.3. The molecule has 0 atom stereocenters. The highest BCUT2D eigenvalue weighted by Crippen LogP contribution is 2.19. The summed E-state index contributed by atoms with van der Waals surface area (Å²) in [6.45, 7) is 6.97. The second-order valence-electron chi connectivity index (χ2n) is 7.66. The second-order valence-corrected chi connectivity index (χ2v) is 7.66. The molecule has 1 saturated heterocycles. The molecule has 1 aromatic heterocycles. The van der Waals surface area contributed by atoms with Crippen molar-refractivity contribution in [2.24, 2.45) is 5.92 Å². The number of hydrogen-bond acceptors (Lipinski definition) is 6. The molecule has 8 heteroatoms. The summed E-state index contributed by atoms with van der Waals surface area (Å²) >= 11 is 0. The van der Waals surface area contributed by atoms with Gasteiger partial charge in [0.1, 0.15) is 0 Å². The van der Waals surface area contributed by atoms with E-state index in [9.17, 15) is 9.59 Å². The largest absolute Gasteiger partial charge is 0.378 e. The van der Waals surface area contributed by atoms with Crippen LogP contribution in [0.15, 0.2) is 28.8 Å². The van der Waals surface area contributed by atoms with Gasteiger partial charge >= 0.3 is 0 Å². The predicted molar refractivity (Wildman–Crippen MR) is 107 cm³/mol. The van der Waals surface area contributed by atoms with E-state index in [1.165, 1.54) is 0 Å². The maximum Gasteiger partial charge on any atom is 0.257 e. The molecule has 0 unspecified atom stereocenters. The maximum atomic E-state index is 12.5. The first kappa shape index (κ1) is 21.0. The lowest BCUT2D eigenvalue weighted by Crippen LogP contribution is -2.40. The maximum absolute atomic E-state index is 12.5. The average Bonchev–Trinajstić information content (AvgIpc) is 3.21. The van der Waals surface area contributed by atoms with Crippen molar-refractivity contribution in [1.82, 2.24) is 19.9 Å². The predicted octanol–water partition coefficient (Wildman–Crippen LogP) is 2.26. The Morgan fingerprint density at radius 2 is 1.86 bits per heavy atom. The van der Waals surface area contributed by atoms with Crippen LogP contribution in [0.2, 0.25) is 0 Å². The fourth-order valence-corrected chi connectivity index (χ4v) is 3.07. The zero-order valence-electron chi connectivity index (χ0n) is 17.3. The molecule has 3 rings (SSSR count). The second kappa shape index (κ2) is 9.65. The lowest BCUT2D eigenvalue weighted by molar-refractivity contribution is -0.130. The molecule has 8 nitrogen and oxygen atoms in total. The van der Waals surface area contributed by atoms with Gasteiger partial charge in [0.25, 0.3) is 11.8 Å². The molecule has 2 heterocycles. The third-order valence-electron chi connectivity index (χ3n) is 4.82. The van der Waals surface area contributed by atoms with Crippen molar-refractivity contribution in [3.8, 4) is 11.5 Å². The Morgan fingerprint density at radius 1 is 1.17 bits per heavy atom. The van der Waals surface area contributed by atoms with Crippen LogP contribution < -0.4 is 0 Å². The Kier molecular flexibility index (Phi) is 6.98. The minimum Gasteiger partial charge on any atom is -0.378 e. The van der Waals surface area contributed by atoms with Gasteiger partial charge < -0.3 is 19.1 Å². The number of rotatable bonds is 7. The standard InChI is InChI=1S/C21H28N4O4/c1-15(2)14-19(26)24(3)9-8-18-22-20(29-23-18)16-4-6-17(7-5-16)21(27)25-10-12-28-13-11-25/h4-7,15H,8-14H2,1-3H3. The van der Waals surface area contributed by atoms with Crippen LogP contribution in [-0.4, -0.2) is 71.7 Å². The number of nitrogens with zero attached hydrogens (tertiary/aromatic N) is 4. The molecule has 0 N–H and O–H groups in total. The molecule has 1 aliphatic rings. The number of morpholine rings is 1. The van der Waals surface area contributed by atoms with E-state index in [4.69, 9.17) is 9.26 Å². The van der Waals surface area contributed by atoms with Crippen LogP contribution in [0.3, 0.4) is 0 Å². The van der Waals surface area contributed by atoms with Crippen molar-refractivity contribution < 1.29 is 18.8 Å². The van der Waals surface area contributed by atoms with Crippen LogP contribution in [0.25, 0.3) is 11.5 Å². The number of hydrogen-bond donors (Lipinski definition) is 0. The summed E-state index contributed by atoms with van der Waals surface area (Å²) in [5.41, 5.74) is 1.38. The van der Waals surface area contributed by atoms with E-state index < -0.39 is 0 Å². The lowest BCUT2D eigenvalue weighted by atomic mass is 10.1. The molecule has 1 aliphatic heterocycles. The number of carbonyl (C=O) groups is 2. The Hall–Kier alpha value is -2.74. The van der Waals surface area contributed by atoms with Crippen LogP contribution in [0.4, 0.5) is 0 Å². The molecular weight excluding hydrogens is 372 g/mol. The molecule has 0 bridgehead atoms. The van der Waals surface area contributed by atoms with Gasteiger partial charge in [-0.25, -0.2) is 0 Å². The van der Waals surface area contributed by atoms with Gasteiger partial charge in [-0.1, -0.05) is 19.0 Å². The normalized spacial score (nSPS) is 14.3. The molecule has 29 heavy (non-hydrogen) atoms. The summed E-state index contributed by atoms with van der Waals surface area (Å²) < 4.78 is 10.6. The number of ether oxygens (including phenoxy) is 1. The van der Waals surface area contributed by atoms with E-state index >= 15 is 0 Å². The number of benzene rings is 1. The van der Waals surface area contributed by atoms with Crippen LogP contribution in [-0.2, 0) is 16.0 Å². The Morgan fingerprint density at radius 3 is 2.52 bits per heavy atom. The van der Waals surface area contributed by atoms with Gasteiger partial charge in [-0.05, 0) is 30.2 Å². The monoisotopic (exact) mass is 400 g/mol. The number of amides is 2. The average molecular weight is 400 g/mol. The summed E-state index contributed by atoms with van der Waals surface area (Å²) in [4.78, 5) is 32.4. The van der Waals surface area contributed by atoms with Crippen molar-refractivity contribution in [3.63, 3.8) is 0 Å². The Labute approximate surface area is 170 Å². The molecule has 1 fully saturated rings. The summed E-state index contributed by atoms with van der Waals surface area (Å²) in [6, 6.07) is 7.16. The van der Waals surface area contributed by atoms with Crippen molar-refractivity contribution in [2.45, 2.75) is 26.7 Å². The third kappa shape index (κ3) is 5.63. The molecule has 156 valence electrons. The van der Waals surface area contributed by atoms with E-state index in [0.29, 0.717) is 68.9 Å². The summed E-state index contributed by atoms with van der Waals surface area (Å²) in [6.07, 6.45) is 1.06. The molecule has 0 saturated carbocycles. The highest BCUT2D eigenvalue weighted by Gasteiger charge is 2.19. The number of aromatic nitrogens is 2. The summed E-state index contributed by atoms with van der Waals surface area (Å²) in [5.74, 6) is 1.41. The molecule has 0 spiro atoms. The van der Waals surface area contributed by atoms with Crippen LogP contribution in [0.5, 0.6) is 0 Å². The third-order valence-corrected chi connectivity index (χ3v) is 4.82. The molecule has 1 aromatic carbocycles. The van der Waals surface area contributed by atoms with Gasteiger partial charge in [-0.15, -0.1) is 0 Å². The van der Waals surface area contributed by atoms with Crippen molar-refractivity contribution in [3.05, 3.63) is 35.7 Å². The van der Waals surface area contributed by atoms with Crippen molar-refractivity contribution in [1.29, 1.82) is 0 Å². The van der Waals surface area contributed by atoms with E-state index in [0.717, 1.165) is 5.56 Å². The highest BCUT2D eigenvalue weighted by molar-refractivity contribution is 5.94. The highest BCUT2D eigenvalue weighted by atomic mass is 16.5. The quantitative estimate of drug-likeness (QED) is 0.708. The minimum absolute atomic E-state index is 0.000157. The first-order valence-electron chi connectivity index (χ1n) is 9.98. The van der Waals surface area contributed by atoms with E-state index in [-0.39, 0.29) is 11.8 Å². The minimum atomic E-state index is 0.000157. The van der Waals surface area contributed by atoms with Gasteiger partial charge in [0.05, 0.1) is 13.2 Å². The number of carbonyl (C=O) groups excluding carboxylic acids is 2. The van der Waals surface area contributed by atoms with E-state index in [2.05, 4.69) is 10.1 Å². The SMILES string of the molecule is CC(C)CC(=O)N(C)CCc1noc(-c2ccc(C(=O)N3CCOCC3)cc2)n1. The smallest absolute Gasteiger partial charge is 0.257 e. The number of likely N-dealkylation sites (N-methyl/N-ethyl adjacent to an activating group) is 1. The van der Waals surface area contributed by atoms with E-state index in [1.54, 1.807) is 29.0 Å². The van der Waals surface area contributed by atoms with Gasteiger partial charge in [0, 0.05) is 50.7 Å². The van der Waals surface area contributed by atoms with Gasteiger partial charge in [-0.3, -0.25) is 9.59 Å². The first-order chi connectivity index (χ1) is 13.9. The van der Waals surface area contributed by atoms with E-state index in [1.807, 2.05) is 26.0 Å². The molecule has 0 aliphatic carbocycles. The van der Waals surface area contributed by atoms with Crippen LogP contribution >= 0.6 is 0 Å². The van der Waals surface area contributed by atoms with Crippen LogP contribution in [0.1, 0.15) is 36.5 Å². The van der Waals surface area contributed by atoms with Crippen LogP contribution in [0, 0.1) is 5.92 Å². The lowest BCUT2D eigenvalue weighted by Gasteiger charge is -2.26. The zero-order chi connectivity index (χ0) is 20.8. The molecular formula is C21H28N4O4. The van der Waals surface area contributed by atoms with Gasteiger partial charge in [0.15, 0.2) is 5.82 Å². The van der Waals surface area contributed by atoms with Gasteiger partial charge in [0.2, 0.25) is 5.91 Å². The fraction of sp³-hybridized carbons (Fsp3) is 0.524. The molecule has 0 radical (unpaired) electrons. The summed E-state index contributed by atoms with van der Waals surface area (Å²) in [5, 5.41) is 4.00. The first-order valence-corrected chi connectivity index (χ1v) is 9.98. The fourth-order valence-electron chi connectivity index (χ4n) is 3.07.